The highest BCUT2D eigenvalue weighted by molar-refractivity contribution is 5.50. The molecule has 1 fully saturated rings. The Hall–Kier alpha value is -1.62. The molecule has 0 spiro atoms. The summed E-state index contributed by atoms with van der Waals surface area (Å²) >= 11 is 0. The molecule has 5 heteroatoms. The van der Waals surface area contributed by atoms with Crippen molar-refractivity contribution in [3.05, 3.63) is 24.5 Å². The first-order valence-corrected chi connectivity index (χ1v) is 6.33. The normalized spacial score (nSPS) is 16.7. The summed E-state index contributed by atoms with van der Waals surface area (Å²) in [5, 5.41) is 3.22. The second kappa shape index (κ2) is 5.82. The predicted octanol–water partition coefficient (Wildman–Crippen LogP) is 1.13. The number of anilines is 2. The zero-order valence-electron chi connectivity index (χ0n) is 11.2. The lowest BCUT2D eigenvalue weighted by molar-refractivity contribution is 0.312. The summed E-state index contributed by atoms with van der Waals surface area (Å²) in [6.45, 7) is 10.6. The Morgan fingerprint density at radius 1 is 1.33 bits per heavy atom. The van der Waals surface area contributed by atoms with Gasteiger partial charge in [0.25, 0.3) is 0 Å². The molecule has 98 valence electrons. The SMILES string of the molecule is C=CCNc1cc(N2CCN(C)CC2)nc(C)n1. The van der Waals surface area contributed by atoms with Crippen molar-refractivity contribution in [3.63, 3.8) is 0 Å². The number of piperazine rings is 1. The summed E-state index contributed by atoms with van der Waals surface area (Å²) in [6, 6.07) is 2.02. The molecule has 1 aromatic heterocycles. The largest absolute Gasteiger partial charge is 0.366 e. The average Bonchev–Trinajstić information content (AvgIpc) is 2.36. The molecule has 1 N–H and O–H groups in total. The molecule has 0 aliphatic carbocycles. The highest BCUT2D eigenvalue weighted by Gasteiger charge is 2.16. The Morgan fingerprint density at radius 2 is 2.06 bits per heavy atom. The Balaban J connectivity index is 2.11. The molecule has 0 unspecified atom stereocenters. The minimum absolute atomic E-state index is 0.721. The van der Waals surface area contributed by atoms with Gasteiger partial charge in [-0.25, -0.2) is 9.97 Å². The highest BCUT2D eigenvalue weighted by atomic mass is 15.3. The number of likely N-dealkylation sites (N-methyl/N-ethyl adjacent to an activating group) is 1. The Labute approximate surface area is 109 Å². The predicted molar refractivity (Wildman–Crippen MR) is 75.2 cm³/mol. The van der Waals surface area contributed by atoms with Crippen molar-refractivity contribution in [2.45, 2.75) is 6.92 Å². The van der Waals surface area contributed by atoms with E-state index in [1.807, 2.05) is 19.1 Å². The van der Waals surface area contributed by atoms with Gasteiger partial charge in [-0.15, -0.1) is 6.58 Å². The Kier molecular flexibility index (Phi) is 4.15. The molecule has 0 bridgehead atoms. The van der Waals surface area contributed by atoms with Crippen molar-refractivity contribution in [2.75, 3.05) is 50.0 Å². The summed E-state index contributed by atoms with van der Waals surface area (Å²) in [4.78, 5) is 13.5. The zero-order valence-corrected chi connectivity index (χ0v) is 11.2. The molecule has 2 heterocycles. The van der Waals surface area contributed by atoms with Crippen LogP contribution in [0, 0.1) is 6.92 Å². The molecule has 0 aromatic carbocycles. The fourth-order valence-corrected chi connectivity index (χ4v) is 2.02. The fraction of sp³-hybridized carbons (Fsp3) is 0.538. The van der Waals surface area contributed by atoms with Crippen LogP contribution < -0.4 is 10.2 Å². The summed E-state index contributed by atoms with van der Waals surface area (Å²) in [6.07, 6.45) is 1.83. The van der Waals surface area contributed by atoms with Crippen molar-refractivity contribution in [1.82, 2.24) is 14.9 Å². The van der Waals surface area contributed by atoms with Gasteiger partial charge < -0.3 is 15.1 Å². The highest BCUT2D eigenvalue weighted by Crippen LogP contribution is 2.17. The van der Waals surface area contributed by atoms with Crippen LogP contribution in [0.3, 0.4) is 0 Å². The maximum atomic E-state index is 4.52. The number of aryl methyl sites for hydroxylation is 1. The van der Waals surface area contributed by atoms with Crippen molar-refractivity contribution >= 4 is 11.6 Å². The molecule has 0 radical (unpaired) electrons. The van der Waals surface area contributed by atoms with Gasteiger partial charge in [-0.05, 0) is 14.0 Å². The number of hydrogen-bond donors (Lipinski definition) is 1. The topological polar surface area (TPSA) is 44.3 Å². The van der Waals surface area contributed by atoms with Gasteiger partial charge >= 0.3 is 0 Å². The van der Waals surface area contributed by atoms with Gasteiger partial charge in [0.05, 0.1) is 0 Å². The van der Waals surface area contributed by atoms with Gasteiger partial charge in [0, 0.05) is 38.8 Å². The van der Waals surface area contributed by atoms with E-state index >= 15 is 0 Å². The molecule has 1 aliphatic rings. The molecule has 1 aliphatic heterocycles. The van der Waals surface area contributed by atoms with Crippen LogP contribution in [0.5, 0.6) is 0 Å². The molecule has 5 nitrogen and oxygen atoms in total. The smallest absolute Gasteiger partial charge is 0.134 e. The maximum Gasteiger partial charge on any atom is 0.134 e. The van der Waals surface area contributed by atoms with Crippen LogP contribution in [0.15, 0.2) is 18.7 Å². The van der Waals surface area contributed by atoms with Crippen molar-refractivity contribution in [1.29, 1.82) is 0 Å². The van der Waals surface area contributed by atoms with Crippen LogP contribution in [-0.4, -0.2) is 54.6 Å². The minimum atomic E-state index is 0.721. The van der Waals surface area contributed by atoms with E-state index < -0.39 is 0 Å². The third-order valence-electron chi connectivity index (χ3n) is 3.08. The monoisotopic (exact) mass is 247 g/mol. The van der Waals surface area contributed by atoms with Gasteiger partial charge in [0.15, 0.2) is 0 Å². The quantitative estimate of drug-likeness (QED) is 0.808. The number of nitrogens with zero attached hydrogens (tertiary/aromatic N) is 4. The first-order chi connectivity index (χ1) is 8.69. The van der Waals surface area contributed by atoms with Crippen molar-refractivity contribution in [2.24, 2.45) is 0 Å². The second-order valence-electron chi connectivity index (χ2n) is 4.62. The Bertz CT molecular complexity index is 410. The van der Waals surface area contributed by atoms with Crippen LogP contribution in [0.25, 0.3) is 0 Å². The van der Waals surface area contributed by atoms with Crippen LogP contribution in [0.4, 0.5) is 11.6 Å². The number of aromatic nitrogens is 2. The standard InChI is InChI=1S/C13H21N5/c1-4-5-14-12-10-13(16-11(2)15-12)18-8-6-17(3)7-9-18/h4,10H,1,5-9H2,2-3H3,(H,14,15,16). The summed E-state index contributed by atoms with van der Waals surface area (Å²) in [7, 11) is 2.15. The molecule has 1 aromatic rings. The second-order valence-corrected chi connectivity index (χ2v) is 4.62. The average molecular weight is 247 g/mol. The van der Waals surface area contributed by atoms with Gasteiger partial charge in [0.1, 0.15) is 17.5 Å². The molecular weight excluding hydrogens is 226 g/mol. The van der Waals surface area contributed by atoms with E-state index in [1.54, 1.807) is 0 Å². The van der Waals surface area contributed by atoms with Crippen molar-refractivity contribution < 1.29 is 0 Å². The lowest BCUT2D eigenvalue weighted by Crippen LogP contribution is -2.44. The molecular formula is C13H21N5. The van der Waals surface area contributed by atoms with E-state index in [0.717, 1.165) is 50.2 Å². The molecule has 0 saturated carbocycles. The van der Waals surface area contributed by atoms with Gasteiger partial charge in [0.2, 0.25) is 0 Å². The van der Waals surface area contributed by atoms with E-state index in [0.29, 0.717) is 0 Å². The molecule has 1 saturated heterocycles. The minimum Gasteiger partial charge on any atom is -0.366 e. The van der Waals surface area contributed by atoms with Crippen LogP contribution in [-0.2, 0) is 0 Å². The number of hydrogen-bond acceptors (Lipinski definition) is 5. The molecule has 18 heavy (non-hydrogen) atoms. The number of nitrogens with one attached hydrogen (secondary N) is 1. The van der Waals surface area contributed by atoms with E-state index in [2.05, 4.69) is 38.7 Å². The fourth-order valence-electron chi connectivity index (χ4n) is 2.02. The van der Waals surface area contributed by atoms with Crippen LogP contribution in [0.2, 0.25) is 0 Å². The van der Waals surface area contributed by atoms with Gasteiger partial charge in [-0.2, -0.15) is 0 Å². The lowest BCUT2D eigenvalue weighted by Gasteiger charge is -2.33. The maximum absolute atomic E-state index is 4.52. The van der Waals surface area contributed by atoms with Crippen LogP contribution >= 0.6 is 0 Å². The third kappa shape index (κ3) is 3.20. The lowest BCUT2D eigenvalue weighted by atomic mass is 10.3. The van der Waals surface area contributed by atoms with Crippen molar-refractivity contribution in [3.8, 4) is 0 Å². The summed E-state index contributed by atoms with van der Waals surface area (Å²) in [5.41, 5.74) is 0. The summed E-state index contributed by atoms with van der Waals surface area (Å²) in [5.74, 6) is 2.69. The molecule has 0 amide bonds. The van der Waals surface area contributed by atoms with E-state index in [1.165, 1.54) is 0 Å². The van der Waals surface area contributed by atoms with Crippen LogP contribution in [0.1, 0.15) is 5.82 Å². The first-order valence-electron chi connectivity index (χ1n) is 6.33. The van der Waals surface area contributed by atoms with Gasteiger partial charge in [-0.1, -0.05) is 6.08 Å². The van der Waals surface area contributed by atoms with E-state index in [9.17, 15) is 0 Å². The Morgan fingerprint density at radius 3 is 2.72 bits per heavy atom. The van der Waals surface area contributed by atoms with Gasteiger partial charge in [-0.3, -0.25) is 0 Å². The van der Waals surface area contributed by atoms with E-state index in [-0.39, 0.29) is 0 Å². The molecule has 0 atom stereocenters. The van der Waals surface area contributed by atoms with E-state index in [4.69, 9.17) is 0 Å². The zero-order chi connectivity index (χ0) is 13.0. The summed E-state index contributed by atoms with van der Waals surface area (Å²) < 4.78 is 0. The molecule has 2 rings (SSSR count). The first kappa shape index (κ1) is 12.8. The number of rotatable bonds is 4. The third-order valence-corrected chi connectivity index (χ3v) is 3.08.